The number of nitrogens with one attached hydrogen (secondary N) is 2. The number of ether oxygens (including phenoxy) is 1. The highest BCUT2D eigenvalue weighted by atomic mass is 32.2. The van der Waals surface area contributed by atoms with Crippen molar-refractivity contribution in [3.63, 3.8) is 0 Å². The van der Waals surface area contributed by atoms with Crippen molar-refractivity contribution < 1.29 is 13.2 Å². The maximum atomic E-state index is 12.6. The average Bonchev–Trinajstić information content (AvgIpc) is 2.48. The Morgan fingerprint density at radius 2 is 2.19 bits per heavy atom. The summed E-state index contributed by atoms with van der Waals surface area (Å²) in [6.07, 6.45) is 2.42. The van der Waals surface area contributed by atoms with Gasteiger partial charge in [0.05, 0.1) is 11.5 Å². The van der Waals surface area contributed by atoms with Gasteiger partial charge in [-0.1, -0.05) is 19.1 Å². The molecule has 0 aromatic heterocycles. The van der Waals surface area contributed by atoms with Crippen molar-refractivity contribution in [2.45, 2.75) is 43.7 Å². The second-order valence-corrected chi connectivity index (χ2v) is 7.04. The van der Waals surface area contributed by atoms with Gasteiger partial charge in [0.2, 0.25) is 10.0 Å². The molecule has 2 rings (SSSR count). The molecule has 1 atom stereocenters. The molecule has 1 aromatic rings. The summed E-state index contributed by atoms with van der Waals surface area (Å²) in [7, 11) is -1.65. The van der Waals surface area contributed by atoms with E-state index in [1.807, 2.05) is 26.1 Å². The standard InChI is InChI=1S/C15H24N2O3S/c1-3-13-7-6-12(10-16-2)9-15(13)21(18,19)17-14-5-4-8-20-11-14/h6-7,9,14,16-17H,3-5,8,10-11H2,1-2H3. The molecule has 6 heteroatoms. The summed E-state index contributed by atoms with van der Waals surface area (Å²) in [5, 5.41) is 3.05. The molecule has 1 fully saturated rings. The largest absolute Gasteiger partial charge is 0.380 e. The molecule has 0 saturated carbocycles. The predicted molar refractivity (Wildman–Crippen MR) is 82.7 cm³/mol. The maximum Gasteiger partial charge on any atom is 0.241 e. The summed E-state index contributed by atoms with van der Waals surface area (Å²) in [5.41, 5.74) is 1.81. The summed E-state index contributed by atoms with van der Waals surface area (Å²) in [6.45, 7) is 3.79. The molecular weight excluding hydrogens is 288 g/mol. The Bertz CT molecular complexity index is 566. The van der Waals surface area contributed by atoms with Crippen LogP contribution in [-0.4, -0.2) is 34.7 Å². The molecule has 0 aliphatic carbocycles. The fraction of sp³-hybridized carbons (Fsp3) is 0.600. The molecule has 1 heterocycles. The number of hydrogen-bond acceptors (Lipinski definition) is 4. The van der Waals surface area contributed by atoms with Crippen LogP contribution in [-0.2, 0) is 27.7 Å². The normalized spacial score (nSPS) is 19.6. The number of rotatable bonds is 6. The molecular formula is C15H24N2O3S. The molecule has 1 saturated heterocycles. The van der Waals surface area contributed by atoms with Crippen molar-refractivity contribution >= 4 is 10.0 Å². The van der Waals surface area contributed by atoms with Gasteiger partial charge >= 0.3 is 0 Å². The molecule has 0 spiro atoms. The topological polar surface area (TPSA) is 67.4 Å². The van der Waals surface area contributed by atoms with Crippen LogP contribution in [0.1, 0.15) is 30.9 Å². The van der Waals surface area contributed by atoms with Gasteiger partial charge in [0.25, 0.3) is 0 Å². The lowest BCUT2D eigenvalue weighted by molar-refractivity contribution is 0.0774. The van der Waals surface area contributed by atoms with Crippen LogP contribution >= 0.6 is 0 Å². The Labute approximate surface area is 127 Å². The van der Waals surface area contributed by atoms with Crippen LogP contribution in [0.3, 0.4) is 0 Å². The second kappa shape index (κ2) is 7.35. The highest BCUT2D eigenvalue weighted by molar-refractivity contribution is 7.89. The van der Waals surface area contributed by atoms with Gasteiger partial charge in [-0.05, 0) is 43.5 Å². The van der Waals surface area contributed by atoms with Crippen molar-refractivity contribution in [1.29, 1.82) is 0 Å². The van der Waals surface area contributed by atoms with Gasteiger partial charge in [0.1, 0.15) is 0 Å². The Morgan fingerprint density at radius 3 is 2.81 bits per heavy atom. The summed E-state index contributed by atoms with van der Waals surface area (Å²) in [5.74, 6) is 0. The van der Waals surface area contributed by atoms with E-state index in [2.05, 4.69) is 10.0 Å². The minimum Gasteiger partial charge on any atom is -0.380 e. The lowest BCUT2D eigenvalue weighted by atomic mass is 10.1. The molecule has 0 amide bonds. The van der Waals surface area contributed by atoms with Gasteiger partial charge in [0.15, 0.2) is 0 Å². The number of sulfonamides is 1. The lowest BCUT2D eigenvalue weighted by Crippen LogP contribution is -2.40. The van der Waals surface area contributed by atoms with E-state index in [4.69, 9.17) is 4.74 Å². The van der Waals surface area contributed by atoms with Gasteiger partial charge in [-0.3, -0.25) is 0 Å². The Hall–Kier alpha value is -0.950. The highest BCUT2D eigenvalue weighted by Crippen LogP contribution is 2.20. The first kappa shape index (κ1) is 16.4. The Balaban J connectivity index is 2.26. The zero-order chi connectivity index (χ0) is 15.3. The molecule has 0 bridgehead atoms. The zero-order valence-corrected chi connectivity index (χ0v) is 13.5. The first-order valence-corrected chi connectivity index (χ1v) is 8.91. The minimum atomic E-state index is -3.50. The van der Waals surface area contributed by atoms with Gasteiger partial charge < -0.3 is 10.1 Å². The van der Waals surface area contributed by atoms with Crippen LogP contribution in [0.4, 0.5) is 0 Å². The van der Waals surface area contributed by atoms with Crippen LogP contribution in [0.25, 0.3) is 0 Å². The summed E-state index contributed by atoms with van der Waals surface area (Å²) < 4.78 is 33.4. The molecule has 1 aliphatic rings. The first-order chi connectivity index (χ1) is 10.1. The quantitative estimate of drug-likeness (QED) is 0.834. The number of aryl methyl sites for hydroxylation is 1. The van der Waals surface area contributed by atoms with Crippen LogP contribution in [0.2, 0.25) is 0 Å². The molecule has 1 unspecified atom stereocenters. The van der Waals surface area contributed by atoms with Crippen molar-refractivity contribution in [2.24, 2.45) is 0 Å². The fourth-order valence-corrected chi connectivity index (χ4v) is 4.19. The molecule has 21 heavy (non-hydrogen) atoms. The van der Waals surface area contributed by atoms with Crippen LogP contribution in [0.15, 0.2) is 23.1 Å². The van der Waals surface area contributed by atoms with E-state index < -0.39 is 10.0 Å². The highest BCUT2D eigenvalue weighted by Gasteiger charge is 2.24. The van der Waals surface area contributed by atoms with E-state index in [0.29, 0.717) is 24.5 Å². The molecule has 2 N–H and O–H groups in total. The van der Waals surface area contributed by atoms with Gasteiger partial charge in [-0.2, -0.15) is 0 Å². The van der Waals surface area contributed by atoms with Crippen molar-refractivity contribution in [3.05, 3.63) is 29.3 Å². The third-order valence-electron chi connectivity index (χ3n) is 3.67. The van der Waals surface area contributed by atoms with E-state index in [1.165, 1.54) is 0 Å². The predicted octanol–water partition coefficient (Wildman–Crippen LogP) is 1.43. The van der Waals surface area contributed by atoms with Crippen LogP contribution < -0.4 is 10.0 Å². The Morgan fingerprint density at radius 1 is 1.38 bits per heavy atom. The lowest BCUT2D eigenvalue weighted by Gasteiger charge is -2.23. The van der Waals surface area contributed by atoms with Crippen LogP contribution in [0, 0.1) is 0 Å². The molecule has 1 aliphatic heterocycles. The number of hydrogen-bond donors (Lipinski definition) is 2. The zero-order valence-electron chi connectivity index (χ0n) is 12.7. The first-order valence-electron chi connectivity index (χ1n) is 7.43. The van der Waals surface area contributed by atoms with E-state index in [1.54, 1.807) is 6.07 Å². The SMILES string of the molecule is CCc1ccc(CNC)cc1S(=O)(=O)NC1CCCOC1. The average molecular weight is 312 g/mol. The van der Waals surface area contributed by atoms with Crippen molar-refractivity contribution in [3.8, 4) is 0 Å². The summed E-state index contributed by atoms with van der Waals surface area (Å²) in [4.78, 5) is 0.392. The smallest absolute Gasteiger partial charge is 0.241 e. The fourth-order valence-electron chi connectivity index (χ4n) is 2.57. The summed E-state index contributed by atoms with van der Waals surface area (Å²) in [6, 6.07) is 5.51. The van der Waals surface area contributed by atoms with E-state index in [-0.39, 0.29) is 6.04 Å². The van der Waals surface area contributed by atoms with Crippen molar-refractivity contribution in [1.82, 2.24) is 10.0 Å². The molecule has 118 valence electrons. The van der Waals surface area contributed by atoms with E-state index in [9.17, 15) is 8.42 Å². The number of benzene rings is 1. The minimum absolute atomic E-state index is 0.124. The van der Waals surface area contributed by atoms with E-state index in [0.717, 1.165) is 30.6 Å². The maximum absolute atomic E-state index is 12.6. The van der Waals surface area contributed by atoms with Crippen molar-refractivity contribution in [2.75, 3.05) is 20.3 Å². The summed E-state index contributed by atoms with van der Waals surface area (Å²) >= 11 is 0. The van der Waals surface area contributed by atoms with E-state index >= 15 is 0 Å². The van der Waals surface area contributed by atoms with Gasteiger partial charge in [-0.25, -0.2) is 13.1 Å². The third kappa shape index (κ3) is 4.26. The molecule has 0 radical (unpaired) electrons. The third-order valence-corrected chi connectivity index (χ3v) is 5.27. The molecule has 1 aromatic carbocycles. The van der Waals surface area contributed by atoms with Gasteiger partial charge in [0, 0.05) is 19.2 Å². The van der Waals surface area contributed by atoms with Crippen LogP contribution in [0.5, 0.6) is 0 Å². The monoisotopic (exact) mass is 312 g/mol. The molecule has 5 nitrogen and oxygen atoms in total. The second-order valence-electron chi connectivity index (χ2n) is 5.36. The van der Waals surface area contributed by atoms with Gasteiger partial charge in [-0.15, -0.1) is 0 Å². The Kier molecular flexibility index (Phi) is 5.75.